The van der Waals surface area contributed by atoms with Crippen LogP contribution in [0.3, 0.4) is 0 Å². The van der Waals surface area contributed by atoms with Gasteiger partial charge in [0, 0.05) is 31.9 Å². The second-order valence-corrected chi connectivity index (χ2v) is 6.51. The summed E-state index contributed by atoms with van der Waals surface area (Å²) in [5, 5.41) is 4.50. The van der Waals surface area contributed by atoms with Gasteiger partial charge in [0.2, 0.25) is 5.95 Å². The number of hydrogen-bond acceptors (Lipinski definition) is 6. The SMILES string of the molecule is C=C/C(=C\C(=C/C)c1ccn(C)n1)c1nc(N2CCOCC2)nc(C)c1OC. The molecule has 0 N–H and O–H groups in total. The Labute approximate surface area is 166 Å². The average Bonchev–Trinajstić information content (AvgIpc) is 3.15. The van der Waals surface area contributed by atoms with Crippen LogP contribution in [0.2, 0.25) is 0 Å². The molecule has 1 saturated heterocycles. The Kier molecular flexibility index (Phi) is 6.26. The monoisotopic (exact) mass is 381 g/mol. The van der Waals surface area contributed by atoms with E-state index in [-0.39, 0.29) is 0 Å². The largest absolute Gasteiger partial charge is 0.493 e. The molecule has 0 aliphatic carbocycles. The molecular formula is C21H27N5O2. The molecule has 1 fully saturated rings. The Hall–Kier alpha value is -2.93. The first kappa shape index (κ1) is 19.8. The number of morpholine rings is 1. The van der Waals surface area contributed by atoms with E-state index in [0.717, 1.165) is 41.3 Å². The number of ether oxygens (including phenoxy) is 2. The van der Waals surface area contributed by atoms with Gasteiger partial charge < -0.3 is 14.4 Å². The van der Waals surface area contributed by atoms with Crippen LogP contribution in [-0.2, 0) is 11.8 Å². The molecule has 0 atom stereocenters. The van der Waals surface area contributed by atoms with Crippen molar-refractivity contribution in [2.45, 2.75) is 13.8 Å². The predicted molar refractivity (Wildman–Crippen MR) is 111 cm³/mol. The molecule has 0 spiro atoms. The summed E-state index contributed by atoms with van der Waals surface area (Å²) in [5.41, 5.74) is 4.25. The van der Waals surface area contributed by atoms with Crippen molar-refractivity contribution in [3.05, 3.63) is 54.2 Å². The zero-order valence-corrected chi connectivity index (χ0v) is 17.0. The maximum Gasteiger partial charge on any atom is 0.226 e. The molecule has 2 aromatic rings. The third kappa shape index (κ3) is 4.14. The van der Waals surface area contributed by atoms with Gasteiger partial charge in [0.15, 0.2) is 5.75 Å². The summed E-state index contributed by atoms with van der Waals surface area (Å²) in [4.78, 5) is 11.6. The lowest BCUT2D eigenvalue weighted by Gasteiger charge is -2.27. The number of aryl methyl sites for hydroxylation is 2. The molecule has 148 valence electrons. The molecule has 1 aliphatic rings. The average molecular weight is 381 g/mol. The summed E-state index contributed by atoms with van der Waals surface area (Å²) in [6.45, 7) is 10.8. The van der Waals surface area contributed by atoms with Gasteiger partial charge in [0.25, 0.3) is 0 Å². The molecule has 7 heteroatoms. The normalized spacial score (nSPS) is 15.6. The second-order valence-electron chi connectivity index (χ2n) is 6.51. The van der Waals surface area contributed by atoms with Gasteiger partial charge in [-0.1, -0.05) is 18.7 Å². The quantitative estimate of drug-likeness (QED) is 0.717. The molecule has 3 heterocycles. The minimum Gasteiger partial charge on any atom is -0.493 e. The van der Waals surface area contributed by atoms with Gasteiger partial charge in [0.05, 0.1) is 31.7 Å². The third-order valence-electron chi connectivity index (χ3n) is 4.65. The Bertz CT molecular complexity index is 908. The highest BCUT2D eigenvalue weighted by molar-refractivity contribution is 5.87. The van der Waals surface area contributed by atoms with Crippen LogP contribution < -0.4 is 9.64 Å². The van der Waals surface area contributed by atoms with Gasteiger partial charge in [-0.2, -0.15) is 5.10 Å². The third-order valence-corrected chi connectivity index (χ3v) is 4.65. The molecule has 7 nitrogen and oxygen atoms in total. The summed E-state index contributed by atoms with van der Waals surface area (Å²) in [6, 6.07) is 1.98. The van der Waals surface area contributed by atoms with Crippen molar-refractivity contribution in [2.24, 2.45) is 7.05 Å². The van der Waals surface area contributed by atoms with E-state index in [4.69, 9.17) is 14.5 Å². The Balaban J connectivity index is 2.07. The fourth-order valence-corrected chi connectivity index (χ4v) is 3.16. The number of aromatic nitrogens is 4. The highest BCUT2D eigenvalue weighted by atomic mass is 16.5. The van der Waals surface area contributed by atoms with Crippen molar-refractivity contribution in [3.8, 4) is 5.75 Å². The van der Waals surface area contributed by atoms with Gasteiger partial charge in [0.1, 0.15) is 5.69 Å². The van der Waals surface area contributed by atoms with E-state index in [1.165, 1.54) is 0 Å². The van der Waals surface area contributed by atoms with Crippen molar-refractivity contribution in [1.29, 1.82) is 0 Å². The summed E-state index contributed by atoms with van der Waals surface area (Å²) in [7, 11) is 3.54. The van der Waals surface area contributed by atoms with E-state index < -0.39 is 0 Å². The minimum atomic E-state index is 0.652. The first-order valence-corrected chi connectivity index (χ1v) is 9.33. The number of anilines is 1. The van der Waals surface area contributed by atoms with Crippen molar-refractivity contribution in [1.82, 2.24) is 19.7 Å². The topological polar surface area (TPSA) is 65.3 Å². The summed E-state index contributed by atoms with van der Waals surface area (Å²) in [5.74, 6) is 1.34. The highest BCUT2D eigenvalue weighted by Gasteiger charge is 2.20. The van der Waals surface area contributed by atoms with E-state index >= 15 is 0 Å². The first-order chi connectivity index (χ1) is 13.6. The van der Waals surface area contributed by atoms with E-state index in [1.54, 1.807) is 17.9 Å². The van der Waals surface area contributed by atoms with E-state index in [2.05, 4.69) is 21.6 Å². The van der Waals surface area contributed by atoms with Crippen molar-refractivity contribution < 1.29 is 9.47 Å². The molecule has 3 rings (SSSR count). The van der Waals surface area contributed by atoms with E-state index in [9.17, 15) is 0 Å². The van der Waals surface area contributed by atoms with Crippen molar-refractivity contribution >= 4 is 17.1 Å². The predicted octanol–water partition coefficient (Wildman–Crippen LogP) is 3.04. The summed E-state index contributed by atoms with van der Waals surface area (Å²) >= 11 is 0. The number of allylic oxidation sites excluding steroid dienone is 5. The summed E-state index contributed by atoms with van der Waals surface area (Å²) in [6.07, 6.45) is 7.77. The number of rotatable bonds is 6. The fourth-order valence-electron chi connectivity index (χ4n) is 3.16. The number of methoxy groups -OCH3 is 1. The van der Waals surface area contributed by atoms with Crippen LogP contribution in [0.15, 0.2) is 37.1 Å². The molecule has 28 heavy (non-hydrogen) atoms. The van der Waals surface area contributed by atoms with Crippen LogP contribution in [0.25, 0.3) is 11.1 Å². The second kappa shape index (κ2) is 8.84. The van der Waals surface area contributed by atoms with Gasteiger partial charge in [-0.15, -0.1) is 0 Å². The van der Waals surface area contributed by atoms with Crippen LogP contribution in [-0.4, -0.2) is 53.2 Å². The van der Waals surface area contributed by atoms with Crippen LogP contribution in [0.1, 0.15) is 24.0 Å². The van der Waals surface area contributed by atoms with Crippen LogP contribution in [0, 0.1) is 6.92 Å². The van der Waals surface area contributed by atoms with Gasteiger partial charge in [-0.05, 0) is 31.6 Å². The lowest BCUT2D eigenvalue weighted by Crippen LogP contribution is -2.37. The lowest BCUT2D eigenvalue weighted by atomic mass is 10.0. The molecule has 0 unspecified atom stereocenters. The fraction of sp³-hybridized carbons (Fsp3) is 0.381. The highest BCUT2D eigenvalue weighted by Crippen LogP contribution is 2.31. The standard InChI is InChI=1S/C21H27N5O2/c1-6-16(18-8-9-25(4)24-18)14-17(7-2)19-20(27-5)15(3)22-21(23-19)26-10-12-28-13-11-26/h6-9,14H,2,10-13H2,1,3-5H3/b16-6+,17-14+. The molecule has 0 amide bonds. The molecule has 0 bridgehead atoms. The maximum absolute atomic E-state index is 5.63. The van der Waals surface area contributed by atoms with Crippen LogP contribution in [0.5, 0.6) is 5.75 Å². The molecule has 0 radical (unpaired) electrons. The van der Waals surface area contributed by atoms with Gasteiger partial charge >= 0.3 is 0 Å². The number of hydrogen-bond donors (Lipinski definition) is 0. The van der Waals surface area contributed by atoms with Crippen molar-refractivity contribution in [2.75, 3.05) is 38.3 Å². The molecular weight excluding hydrogens is 354 g/mol. The molecule has 2 aromatic heterocycles. The maximum atomic E-state index is 5.63. The molecule has 0 aromatic carbocycles. The van der Waals surface area contributed by atoms with Gasteiger partial charge in [-0.3, -0.25) is 4.68 Å². The first-order valence-electron chi connectivity index (χ1n) is 9.33. The molecule has 1 aliphatic heterocycles. The van der Waals surface area contributed by atoms with E-state index in [1.807, 2.05) is 45.3 Å². The minimum absolute atomic E-state index is 0.652. The number of nitrogens with zero attached hydrogens (tertiary/aromatic N) is 5. The van der Waals surface area contributed by atoms with Crippen molar-refractivity contribution in [3.63, 3.8) is 0 Å². The van der Waals surface area contributed by atoms with E-state index in [0.29, 0.717) is 24.9 Å². The Morgan fingerprint density at radius 2 is 2.00 bits per heavy atom. The van der Waals surface area contributed by atoms with Crippen LogP contribution in [0.4, 0.5) is 5.95 Å². The van der Waals surface area contributed by atoms with Crippen LogP contribution >= 0.6 is 0 Å². The Morgan fingerprint density at radius 1 is 1.25 bits per heavy atom. The zero-order chi connectivity index (χ0) is 20.1. The molecule has 0 saturated carbocycles. The van der Waals surface area contributed by atoms with Gasteiger partial charge in [-0.25, -0.2) is 9.97 Å². The lowest BCUT2D eigenvalue weighted by molar-refractivity contribution is 0.122. The zero-order valence-electron chi connectivity index (χ0n) is 17.0. The Morgan fingerprint density at radius 3 is 2.57 bits per heavy atom. The summed E-state index contributed by atoms with van der Waals surface area (Å²) < 4.78 is 12.9. The smallest absolute Gasteiger partial charge is 0.226 e.